The summed E-state index contributed by atoms with van der Waals surface area (Å²) in [5.74, 6) is 1.23. The van der Waals surface area contributed by atoms with Gasteiger partial charge in [0.15, 0.2) is 0 Å². The summed E-state index contributed by atoms with van der Waals surface area (Å²) < 4.78 is 5.38. The zero-order valence-electron chi connectivity index (χ0n) is 10.6. The number of rotatable bonds is 3. The van der Waals surface area contributed by atoms with Crippen molar-refractivity contribution in [3.05, 3.63) is 0 Å². The van der Waals surface area contributed by atoms with Crippen LogP contribution < -0.4 is 15.5 Å². The molecule has 1 unspecified atom stereocenters. The first kappa shape index (κ1) is 12.8. The van der Waals surface area contributed by atoms with Gasteiger partial charge in [-0.15, -0.1) is 0 Å². The first-order valence-electron chi connectivity index (χ1n) is 5.76. The first-order valence-corrected chi connectivity index (χ1v) is 5.76. The summed E-state index contributed by atoms with van der Waals surface area (Å²) in [5.41, 5.74) is 5.67. The standard InChI is InChI=1S/C10H18N6O2/c1-15(2)9-12-8(11)13-10(14-9)16-3-4-18-7(5-16)6-17/h7,17H,3-6H2,1-2H3,(H2,11,12,13,14). The molecule has 2 rings (SSSR count). The number of aromatic nitrogens is 3. The van der Waals surface area contributed by atoms with Crippen molar-refractivity contribution in [1.82, 2.24) is 15.0 Å². The van der Waals surface area contributed by atoms with E-state index < -0.39 is 0 Å². The third-order valence-corrected chi connectivity index (χ3v) is 2.65. The van der Waals surface area contributed by atoms with Crippen LogP contribution in [-0.4, -0.2) is 66.6 Å². The van der Waals surface area contributed by atoms with Gasteiger partial charge in [0.1, 0.15) is 0 Å². The van der Waals surface area contributed by atoms with E-state index in [2.05, 4.69) is 15.0 Å². The minimum atomic E-state index is -0.209. The molecule has 100 valence electrons. The molecule has 0 saturated carbocycles. The lowest BCUT2D eigenvalue weighted by Crippen LogP contribution is -2.45. The third kappa shape index (κ3) is 2.77. The Balaban J connectivity index is 2.21. The summed E-state index contributed by atoms with van der Waals surface area (Å²) in [6.45, 7) is 1.74. The van der Waals surface area contributed by atoms with E-state index >= 15 is 0 Å². The Morgan fingerprint density at radius 2 is 2.22 bits per heavy atom. The van der Waals surface area contributed by atoms with Gasteiger partial charge in [0, 0.05) is 27.2 Å². The average Bonchev–Trinajstić information content (AvgIpc) is 2.38. The fourth-order valence-corrected chi connectivity index (χ4v) is 1.72. The number of hydrogen-bond acceptors (Lipinski definition) is 8. The second-order valence-corrected chi connectivity index (χ2v) is 4.31. The molecule has 0 amide bonds. The Bertz CT molecular complexity index is 413. The second-order valence-electron chi connectivity index (χ2n) is 4.31. The van der Waals surface area contributed by atoms with E-state index in [1.807, 2.05) is 19.0 Å². The molecule has 8 heteroatoms. The average molecular weight is 254 g/mol. The predicted octanol–water partition coefficient (Wildman–Crippen LogP) is -1.28. The quantitative estimate of drug-likeness (QED) is 0.687. The molecule has 1 saturated heterocycles. The van der Waals surface area contributed by atoms with Crippen LogP contribution in [0, 0.1) is 0 Å². The minimum absolute atomic E-state index is 0.0163. The van der Waals surface area contributed by atoms with Crippen LogP contribution in [0.4, 0.5) is 17.8 Å². The first-order chi connectivity index (χ1) is 8.60. The van der Waals surface area contributed by atoms with Gasteiger partial charge >= 0.3 is 0 Å². The van der Waals surface area contributed by atoms with Crippen LogP contribution in [0.2, 0.25) is 0 Å². The molecule has 8 nitrogen and oxygen atoms in total. The van der Waals surface area contributed by atoms with Gasteiger partial charge in [-0.05, 0) is 0 Å². The van der Waals surface area contributed by atoms with Crippen LogP contribution in [0.1, 0.15) is 0 Å². The Morgan fingerprint density at radius 1 is 1.44 bits per heavy atom. The highest BCUT2D eigenvalue weighted by molar-refractivity contribution is 5.43. The lowest BCUT2D eigenvalue weighted by molar-refractivity contribution is 0.00314. The molecule has 0 aromatic carbocycles. The number of aliphatic hydroxyl groups is 1. The van der Waals surface area contributed by atoms with E-state index in [9.17, 15) is 0 Å². The summed E-state index contributed by atoms with van der Waals surface area (Å²) >= 11 is 0. The van der Waals surface area contributed by atoms with Gasteiger partial charge in [0.25, 0.3) is 0 Å². The van der Waals surface area contributed by atoms with Crippen molar-refractivity contribution in [1.29, 1.82) is 0 Å². The number of hydrogen-bond donors (Lipinski definition) is 2. The van der Waals surface area contributed by atoms with Crippen LogP contribution >= 0.6 is 0 Å². The highest BCUT2D eigenvalue weighted by atomic mass is 16.5. The van der Waals surface area contributed by atoms with Crippen molar-refractivity contribution < 1.29 is 9.84 Å². The highest BCUT2D eigenvalue weighted by Crippen LogP contribution is 2.16. The molecule has 18 heavy (non-hydrogen) atoms. The molecular weight excluding hydrogens is 236 g/mol. The van der Waals surface area contributed by atoms with Crippen LogP contribution in [0.15, 0.2) is 0 Å². The topological polar surface area (TPSA) is 101 Å². The summed E-state index contributed by atoms with van der Waals surface area (Å²) in [7, 11) is 3.68. The summed E-state index contributed by atoms with van der Waals surface area (Å²) in [5, 5.41) is 9.12. The van der Waals surface area contributed by atoms with Crippen LogP contribution in [0.25, 0.3) is 0 Å². The van der Waals surface area contributed by atoms with Gasteiger partial charge in [0.2, 0.25) is 17.8 Å². The monoisotopic (exact) mass is 254 g/mol. The van der Waals surface area contributed by atoms with E-state index in [1.165, 1.54) is 0 Å². The maximum atomic E-state index is 9.12. The van der Waals surface area contributed by atoms with Gasteiger partial charge < -0.3 is 25.4 Å². The molecule has 0 radical (unpaired) electrons. The molecule has 0 spiro atoms. The fraction of sp³-hybridized carbons (Fsp3) is 0.700. The third-order valence-electron chi connectivity index (χ3n) is 2.65. The maximum absolute atomic E-state index is 9.12. The molecule has 1 fully saturated rings. The van der Waals surface area contributed by atoms with Crippen molar-refractivity contribution in [2.24, 2.45) is 0 Å². The van der Waals surface area contributed by atoms with E-state index in [0.717, 1.165) is 0 Å². The number of anilines is 3. The molecule has 3 N–H and O–H groups in total. The minimum Gasteiger partial charge on any atom is -0.394 e. The van der Waals surface area contributed by atoms with E-state index in [4.69, 9.17) is 15.6 Å². The summed E-state index contributed by atoms with van der Waals surface area (Å²) in [6.07, 6.45) is -0.209. The molecular formula is C10H18N6O2. The van der Waals surface area contributed by atoms with Crippen LogP contribution in [0.5, 0.6) is 0 Å². The molecule has 1 aliphatic rings. The Hall–Kier alpha value is -1.67. The van der Waals surface area contributed by atoms with Crippen molar-refractivity contribution in [3.8, 4) is 0 Å². The maximum Gasteiger partial charge on any atom is 0.232 e. The van der Waals surface area contributed by atoms with Crippen LogP contribution in [-0.2, 0) is 4.74 Å². The van der Waals surface area contributed by atoms with E-state index in [0.29, 0.717) is 31.6 Å². The number of nitrogens with two attached hydrogens (primary N) is 1. The number of nitrogens with zero attached hydrogens (tertiary/aromatic N) is 5. The number of morpholine rings is 1. The predicted molar refractivity (Wildman–Crippen MR) is 67.6 cm³/mol. The van der Waals surface area contributed by atoms with Gasteiger partial charge in [-0.25, -0.2) is 0 Å². The van der Waals surface area contributed by atoms with Crippen LogP contribution in [0.3, 0.4) is 0 Å². The summed E-state index contributed by atoms with van der Waals surface area (Å²) in [6, 6.07) is 0. The lowest BCUT2D eigenvalue weighted by atomic mass is 10.3. The number of ether oxygens (including phenoxy) is 1. The van der Waals surface area contributed by atoms with Crippen molar-refractivity contribution in [3.63, 3.8) is 0 Å². The van der Waals surface area contributed by atoms with Crippen molar-refractivity contribution in [2.45, 2.75) is 6.10 Å². The molecule has 2 heterocycles. The Labute approximate surface area is 105 Å². The second kappa shape index (κ2) is 5.32. The normalized spacial score (nSPS) is 19.9. The fourth-order valence-electron chi connectivity index (χ4n) is 1.72. The molecule has 1 aliphatic heterocycles. The highest BCUT2D eigenvalue weighted by Gasteiger charge is 2.22. The SMILES string of the molecule is CN(C)c1nc(N)nc(N2CCOC(CO)C2)n1. The zero-order valence-corrected chi connectivity index (χ0v) is 10.6. The molecule has 0 aliphatic carbocycles. The smallest absolute Gasteiger partial charge is 0.232 e. The van der Waals surface area contributed by atoms with E-state index in [1.54, 1.807) is 4.90 Å². The van der Waals surface area contributed by atoms with Gasteiger partial charge in [-0.2, -0.15) is 15.0 Å². The largest absolute Gasteiger partial charge is 0.394 e. The zero-order chi connectivity index (χ0) is 13.1. The molecule has 0 bridgehead atoms. The van der Waals surface area contributed by atoms with Gasteiger partial charge in [0.05, 0.1) is 19.3 Å². The van der Waals surface area contributed by atoms with Crippen molar-refractivity contribution >= 4 is 17.8 Å². The van der Waals surface area contributed by atoms with E-state index in [-0.39, 0.29) is 18.7 Å². The summed E-state index contributed by atoms with van der Waals surface area (Å²) in [4.78, 5) is 16.2. The Morgan fingerprint density at radius 3 is 2.89 bits per heavy atom. The molecule has 1 aromatic heterocycles. The number of nitrogen functional groups attached to an aromatic ring is 1. The lowest BCUT2D eigenvalue weighted by Gasteiger charge is -2.32. The van der Waals surface area contributed by atoms with Crippen molar-refractivity contribution in [2.75, 3.05) is 55.9 Å². The van der Waals surface area contributed by atoms with Gasteiger partial charge in [-0.3, -0.25) is 0 Å². The number of aliphatic hydroxyl groups excluding tert-OH is 1. The van der Waals surface area contributed by atoms with Gasteiger partial charge in [-0.1, -0.05) is 0 Å². The molecule has 1 aromatic rings. The Kier molecular flexibility index (Phi) is 3.78. The molecule has 1 atom stereocenters.